The molecule has 0 unspecified atom stereocenters. The van der Waals surface area contributed by atoms with Gasteiger partial charge in [-0.15, -0.1) is 0 Å². The number of aryl methyl sites for hydroxylation is 1. The van der Waals surface area contributed by atoms with Crippen molar-refractivity contribution >= 4 is 23.2 Å². The molecule has 0 aliphatic carbocycles. The van der Waals surface area contributed by atoms with Crippen molar-refractivity contribution in [2.45, 2.75) is 6.92 Å². The second kappa shape index (κ2) is 4.32. The molecule has 1 heterocycles. The lowest BCUT2D eigenvalue weighted by Gasteiger charge is -2.06. The normalized spacial score (nSPS) is 10.4. The summed E-state index contributed by atoms with van der Waals surface area (Å²) in [7, 11) is 0. The van der Waals surface area contributed by atoms with E-state index in [4.69, 9.17) is 23.2 Å². The molecule has 2 aromatic rings. The molecule has 82 valence electrons. The fourth-order valence-corrected chi connectivity index (χ4v) is 1.70. The zero-order valence-electron chi connectivity index (χ0n) is 8.54. The van der Waals surface area contributed by atoms with E-state index in [0.717, 1.165) is 11.3 Å². The number of hydrogen-bond acceptors (Lipinski definition) is 2. The number of nitrogens with zero attached hydrogens (tertiary/aromatic N) is 1. The summed E-state index contributed by atoms with van der Waals surface area (Å²) in [6.07, 6.45) is 0. The van der Waals surface area contributed by atoms with Gasteiger partial charge in [0, 0.05) is 11.3 Å². The van der Waals surface area contributed by atoms with Gasteiger partial charge in [0.2, 0.25) is 0 Å². The van der Waals surface area contributed by atoms with Crippen molar-refractivity contribution in [3.05, 3.63) is 46.1 Å². The lowest BCUT2D eigenvalue weighted by atomic mass is 10.1. The Morgan fingerprint density at radius 2 is 1.81 bits per heavy atom. The van der Waals surface area contributed by atoms with Crippen LogP contribution in [0.15, 0.2) is 30.3 Å². The maximum atomic E-state index is 9.71. The number of rotatable bonds is 1. The Balaban J connectivity index is 2.58. The van der Waals surface area contributed by atoms with Crippen molar-refractivity contribution in [2.75, 3.05) is 0 Å². The minimum atomic E-state index is 0.129. The predicted octanol–water partition coefficient (Wildman–Crippen LogP) is 4.07. The van der Waals surface area contributed by atoms with E-state index in [1.54, 1.807) is 30.3 Å². The van der Waals surface area contributed by atoms with Crippen LogP contribution >= 0.6 is 23.2 Å². The Morgan fingerprint density at radius 3 is 2.50 bits per heavy atom. The third-order valence-electron chi connectivity index (χ3n) is 2.21. The smallest absolute Gasteiger partial charge is 0.141 e. The van der Waals surface area contributed by atoms with Gasteiger partial charge < -0.3 is 5.11 Å². The summed E-state index contributed by atoms with van der Waals surface area (Å²) >= 11 is 11.7. The van der Waals surface area contributed by atoms with E-state index in [1.165, 1.54) is 0 Å². The van der Waals surface area contributed by atoms with Crippen LogP contribution in [0.25, 0.3) is 11.3 Å². The Hall–Kier alpha value is -1.25. The number of benzene rings is 1. The highest BCUT2D eigenvalue weighted by Gasteiger charge is 2.08. The fraction of sp³-hybridized carbons (Fsp3) is 0.0833. The molecule has 0 aliphatic heterocycles. The molecule has 0 bridgehead atoms. The van der Waals surface area contributed by atoms with Crippen LogP contribution < -0.4 is 0 Å². The van der Waals surface area contributed by atoms with E-state index in [9.17, 15) is 5.11 Å². The molecule has 0 fully saturated rings. The lowest BCUT2D eigenvalue weighted by Crippen LogP contribution is -1.87. The molecule has 1 N–H and O–H groups in total. The van der Waals surface area contributed by atoms with Gasteiger partial charge in [-0.25, -0.2) is 4.98 Å². The van der Waals surface area contributed by atoms with Crippen LogP contribution in [0.4, 0.5) is 0 Å². The first-order chi connectivity index (χ1) is 7.58. The largest absolute Gasteiger partial charge is 0.506 e. The molecule has 0 radical (unpaired) electrons. The zero-order valence-corrected chi connectivity index (χ0v) is 10.0. The molecule has 0 amide bonds. The third-order valence-corrected chi connectivity index (χ3v) is 2.95. The van der Waals surface area contributed by atoms with Crippen molar-refractivity contribution in [1.29, 1.82) is 0 Å². The molecule has 0 aliphatic rings. The van der Waals surface area contributed by atoms with E-state index in [1.807, 2.05) is 6.92 Å². The molecule has 0 atom stereocenters. The number of hydrogen-bond donors (Lipinski definition) is 1. The first-order valence-electron chi connectivity index (χ1n) is 4.70. The topological polar surface area (TPSA) is 33.1 Å². The van der Waals surface area contributed by atoms with E-state index < -0.39 is 0 Å². The minimum Gasteiger partial charge on any atom is -0.506 e. The average Bonchev–Trinajstić information content (AvgIpc) is 2.26. The van der Waals surface area contributed by atoms with E-state index in [2.05, 4.69) is 4.98 Å². The van der Waals surface area contributed by atoms with Gasteiger partial charge in [-0.3, -0.25) is 0 Å². The Labute approximate surface area is 103 Å². The maximum absolute atomic E-state index is 9.71. The van der Waals surface area contributed by atoms with Crippen molar-refractivity contribution in [3.8, 4) is 17.0 Å². The third kappa shape index (κ3) is 2.13. The van der Waals surface area contributed by atoms with Crippen LogP contribution in [-0.2, 0) is 0 Å². The Kier molecular flexibility index (Phi) is 3.03. The van der Waals surface area contributed by atoms with Gasteiger partial charge in [0.15, 0.2) is 0 Å². The van der Waals surface area contributed by atoms with Gasteiger partial charge in [-0.2, -0.15) is 0 Å². The zero-order chi connectivity index (χ0) is 11.7. The van der Waals surface area contributed by atoms with Crippen molar-refractivity contribution < 1.29 is 5.11 Å². The fourth-order valence-electron chi connectivity index (χ4n) is 1.41. The SMILES string of the molecule is Cc1ccc(O)c(-c2ccc(Cl)c(Cl)c2)n1. The van der Waals surface area contributed by atoms with E-state index in [-0.39, 0.29) is 5.75 Å². The van der Waals surface area contributed by atoms with Gasteiger partial charge in [-0.1, -0.05) is 29.3 Å². The van der Waals surface area contributed by atoms with Gasteiger partial charge in [0.1, 0.15) is 11.4 Å². The molecule has 2 nitrogen and oxygen atoms in total. The number of pyridine rings is 1. The summed E-state index contributed by atoms with van der Waals surface area (Å²) < 4.78 is 0. The quantitative estimate of drug-likeness (QED) is 0.832. The molecule has 0 spiro atoms. The summed E-state index contributed by atoms with van der Waals surface area (Å²) in [6.45, 7) is 1.86. The van der Waals surface area contributed by atoms with Gasteiger partial charge >= 0.3 is 0 Å². The first-order valence-corrected chi connectivity index (χ1v) is 5.45. The van der Waals surface area contributed by atoms with E-state index in [0.29, 0.717) is 15.7 Å². The van der Waals surface area contributed by atoms with E-state index >= 15 is 0 Å². The first kappa shape index (κ1) is 11.2. The molecule has 0 saturated carbocycles. The molecular formula is C12H9Cl2NO. The van der Waals surface area contributed by atoms with Crippen LogP contribution in [0, 0.1) is 6.92 Å². The molecule has 0 saturated heterocycles. The summed E-state index contributed by atoms with van der Waals surface area (Å²) in [5.74, 6) is 0.129. The standard InChI is InChI=1S/C12H9Cl2NO/c1-7-2-5-11(16)12(15-7)8-3-4-9(13)10(14)6-8/h2-6,16H,1H3. The van der Waals surface area contributed by atoms with Gasteiger partial charge in [0.25, 0.3) is 0 Å². The average molecular weight is 254 g/mol. The molecule has 16 heavy (non-hydrogen) atoms. The van der Waals surface area contributed by atoms with Crippen LogP contribution in [-0.4, -0.2) is 10.1 Å². The van der Waals surface area contributed by atoms with Crippen molar-refractivity contribution in [1.82, 2.24) is 4.98 Å². The molecule has 1 aromatic carbocycles. The highest BCUT2D eigenvalue weighted by Crippen LogP contribution is 2.31. The minimum absolute atomic E-state index is 0.129. The molecular weight excluding hydrogens is 245 g/mol. The number of aromatic nitrogens is 1. The molecule has 1 aromatic heterocycles. The Bertz CT molecular complexity index is 541. The van der Waals surface area contributed by atoms with Crippen LogP contribution in [0.3, 0.4) is 0 Å². The maximum Gasteiger partial charge on any atom is 0.141 e. The molecule has 4 heteroatoms. The predicted molar refractivity (Wildman–Crippen MR) is 66.1 cm³/mol. The second-order valence-electron chi connectivity index (χ2n) is 3.45. The summed E-state index contributed by atoms with van der Waals surface area (Å²) in [4.78, 5) is 4.26. The lowest BCUT2D eigenvalue weighted by molar-refractivity contribution is 0.474. The Morgan fingerprint density at radius 1 is 1.06 bits per heavy atom. The highest BCUT2D eigenvalue weighted by atomic mass is 35.5. The van der Waals surface area contributed by atoms with Crippen molar-refractivity contribution in [3.63, 3.8) is 0 Å². The summed E-state index contributed by atoms with van der Waals surface area (Å²) in [5, 5.41) is 10.6. The number of aromatic hydroxyl groups is 1. The molecule has 2 rings (SSSR count). The highest BCUT2D eigenvalue weighted by molar-refractivity contribution is 6.42. The monoisotopic (exact) mass is 253 g/mol. The summed E-state index contributed by atoms with van der Waals surface area (Å²) in [6, 6.07) is 8.50. The van der Waals surface area contributed by atoms with Gasteiger partial charge in [0.05, 0.1) is 10.0 Å². The summed E-state index contributed by atoms with van der Waals surface area (Å²) in [5.41, 5.74) is 2.09. The van der Waals surface area contributed by atoms with Crippen LogP contribution in [0.2, 0.25) is 10.0 Å². The van der Waals surface area contributed by atoms with Crippen LogP contribution in [0.1, 0.15) is 5.69 Å². The van der Waals surface area contributed by atoms with Crippen molar-refractivity contribution in [2.24, 2.45) is 0 Å². The van der Waals surface area contributed by atoms with Gasteiger partial charge in [-0.05, 0) is 31.2 Å². The number of halogens is 2. The second-order valence-corrected chi connectivity index (χ2v) is 4.26. The van der Waals surface area contributed by atoms with Crippen LogP contribution in [0.5, 0.6) is 5.75 Å².